The number of benzene rings is 2. The van der Waals surface area contributed by atoms with Crippen LogP contribution in [0.5, 0.6) is 5.75 Å². The molecular weight excluding hydrogens is 246 g/mol. The number of hydrogen-bond acceptors (Lipinski definition) is 2. The zero-order valence-electron chi connectivity index (χ0n) is 12.3. The van der Waals surface area contributed by atoms with Gasteiger partial charge in [0, 0.05) is 6.54 Å². The molecule has 0 saturated heterocycles. The molecule has 0 radical (unpaired) electrons. The van der Waals surface area contributed by atoms with Gasteiger partial charge < -0.3 is 10.1 Å². The summed E-state index contributed by atoms with van der Waals surface area (Å²) in [5.74, 6) is 1.45. The summed E-state index contributed by atoms with van der Waals surface area (Å²) in [5, 5.41) is 3.38. The van der Waals surface area contributed by atoms with E-state index in [1.807, 2.05) is 18.2 Å². The van der Waals surface area contributed by atoms with Crippen molar-refractivity contribution in [3.8, 4) is 5.75 Å². The van der Waals surface area contributed by atoms with E-state index in [0.717, 1.165) is 18.8 Å². The molecule has 0 aliphatic carbocycles. The van der Waals surface area contributed by atoms with Crippen molar-refractivity contribution >= 4 is 0 Å². The van der Waals surface area contributed by atoms with E-state index >= 15 is 0 Å². The lowest BCUT2D eigenvalue weighted by atomic mass is 10.0. The second kappa shape index (κ2) is 7.71. The molecular formula is C18H23NO. The molecule has 0 fully saturated rings. The third-order valence-corrected chi connectivity index (χ3v) is 3.40. The first-order valence-corrected chi connectivity index (χ1v) is 7.27. The highest BCUT2D eigenvalue weighted by Crippen LogP contribution is 2.19. The molecule has 0 aliphatic rings. The maximum Gasteiger partial charge on any atom is 0.119 e. The summed E-state index contributed by atoms with van der Waals surface area (Å²) in [4.78, 5) is 0. The molecule has 106 valence electrons. The van der Waals surface area contributed by atoms with E-state index in [1.165, 1.54) is 11.1 Å². The van der Waals surface area contributed by atoms with Crippen molar-refractivity contribution in [3.05, 3.63) is 65.7 Å². The molecule has 2 aromatic rings. The van der Waals surface area contributed by atoms with Crippen molar-refractivity contribution in [2.45, 2.75) is 26.4 Å². The quantitative estimate of drug-likeness (QED) is 0.821. The second-order valence-corrected chi connectivity index (χ2v) is 5.05. The Morgan fingerprint density at radius 3 is 2.35 bits per heavy atom. The highest BCUT2D eigenvalue weighted by Gasteiger charge is 2.04. The number of hydrogen-bond donors (Lipinski definition) is 1. The van der Waals surface area contributed by atoms with Crippen LogP contribution in [0.3, 0.4) is 0 Å². The first-order valence-electron chi connectivity index (χ1n) is 7.27. The lowest BCUT2D eigenvalue weighted by Gasteiger charge is -2.13. The van der Waals surface area contributed by atoms with Crippen molar-refractivity contribution in [2.24, 2.45) is 0 Å². The summed E-state index contributed by atoms with van der Waals surface area (Å²) < 4.78 is 5.79. The molecule has 0 saturated carbocycles. The molecule has 2 heteroatoms. The summed E-state index contributed by atoms with van der Waals surface area (Å²) in [6, 6.07) is 18.7. The van der Waals surface area contributed by atoms with Gasteiger partial charge >= 0.3 is 0 Å². The minimum Gasteiger partial charge on any atom is -0.489 e. The second-order valence-electron chi connectivity index (χ2n) is 5.05. The molecule has 0 spiro atoms. The van der Waals surface area contributed by atoms with E-state index in [-0.39, 0.29) is 0 Å². The average Bonchev–Trinajstić information content (AvgIpc) is 2.52. The van der Waals surface area contributed by atoms with E-state index in [0.29, 0.717) is 12.5 Å². The third kappa shape index (κ3) is 4.39. The maximum atomic E-state index is 5.79. The van der Waals surface area contributed by atoms with E-state index in [4.69, 9.17) is 4.74 Å². The molecule has 1 atom stereocenters. The van der Waals surface area contributed by atoms with Gasteiger partial charge in [0.15, 0.2) is 0 Å². The SMILES string of the molecule is CCNCC(C)c1ccc(OCc2ccccc2)cc1. The van der Waals surface area contributed by atoms with Crippen molar-refractivity contribution < 1.29 is 4.74 Å². The third-order valence-electron chi connectivity index (χ3n) is 3.40. The Hall–Kier alpha value is -1.80. The van der Waals surface area contributed by atoms with Gasteiger partial charge in [0.25, 0.3) is 0 Å². The number of nitrogens with one attached hydrogen (secondary N) is 1. The molecule has 1 unspecified atom stereocenters. The fourth-order valence-corrected chi connectivity index (χ4v) is 2.11. The Balaban J connectivity index is 1.88. The summed E-state index contributed by atoms with van der Waals surface area (Å²) in [7, 11) is 0. The average molecular weight is 269 g/mol. The van der Waals surface area contributed by atoms with Crippen LogP contribution >= 0.6 is 0 Å². The number of ether oxygens (including phenoxy) is 1. The first kappa shape index (κ1) is 14.6. The van der Waals surface area contributed by atoms with Gasteiger partial charge in [-0.3, -0.25) is 0 Å². The van der Waals surface area contributed by atoms with Crippen molar-refractivity contribution in [3.63, 3.8) is 0 Å². The van der Waals surface area contributed by atoms with Gasteiger partial charge in [-0.2, -0.15) is 0 Å². The van der Waals surface area contributed by atoms with Gasteiger partial charge in [-0.25, -0.2) is 0 Å². The Labute approximate surface area is 121 Å². The molecule has 2 nitrogen and oxygen atoms in total. The normalized spacial score (nSPS) is 12.1. The summed E-state index contributed by atoms with van der Waals surface area (Å²) in [5.41, 5.74) is 2.54. The fourth-order valence-electron chi connectivity index (χ4n) is 2.11. The molecule has 0 aromatic heterocycles. The minimum absolute atomic E-state index is 0.526. The Kier molecular flexibility index (Phi) is 5.63. The van der Waals surface area contributed by atoms with Crippen LogP contribution in [0.1, 0.15) is 30.9 Å². The van der Waals surface area contributed by atoms with Gasteiger partial charge in [-0.1, -0.05) is 56.3 Å². The van der Waals surface area contributed by atoms with Crippen LogP contribution in [0.15, 0.2) is 54.6 Å². The molecule has 0 aliphatic heterocycles. The van der Waals surface area contributed by atoms with Crippen LogP contribution in [0.4, 0.5) is 0 Å². The highest BCUT2D eigenvalue weighted by molar-refractivity contribution is 5.29. The lowest BCUT2D eigenvalue weighted by Crippen LogP contribution is -2.19. The largest absolute Gasteiger partial charge is 0.489 e. The van der Waals surface area contributed by atoms with Gasteiger partial charge in [0.05, 0.1) is 0 Å². The Morgan fingerprint density at radius 2 is 1.70 bits per heavy atom. The summed E-state index contributed by atoms with van der Waals surface area (Å²) in [6.07, 6.45) is 0. The van der Waals surface area contributed by atoms with Crippen LogP contribution in [0, 0.1) is 0 Å². The van der Waals surface area contributed by atoms with Crippen LogP contribution in [0.25, 0.3) is 0 Å². The zero-order chi connectivity index (χ0) is 14.2. The van der Waals surface area contributed by atoms with Gasteiger partial charge in [0.2, 0.25) is 0 Å². The monoisotopic (exact) mass is 269 g/mol. The van der Waals surface area contributed by atoms with E-state index in [2.05, 4.69) is 55.6 Å². The lowest BCUT2D eigenvalue weighted by molar-refractivity contribution is 0.306. The van der Waals surface area contributed by atoms with E-state index in [9.17, 15) is 0 Å². The van der Waals surface area contributed by atoms with E-state index in [1.54, 1.807) is 0 Å². The zero-order valence-corrected chi connectivity index (χ0v) is 12.3. The molecule has 2 rings (SSSR count). The summed E-state index contributed by atoms with van der Waals surface area (Å²) >= 11 is 0. The van der Waals surface area contributed by atoms with Crippen molar-refractivity contribution in [2.75, 3.05) is 13.1 Å². The number of likely N-dealkylation sites (N-methyl/N-ethyl adjacent to an activating group) is 1. The van der Waals surface area contributed by atoms with Gasteiger partial charge in [-0.15, -0.1) is 0 Å². The standard InChI is InChI=1S/C18H23NO/c1-3-19-13-15(2)17-9-11-18(12-10-17)20-14-16-7-5-4-6-8-16/h4-12,15,19H,3,13-14H2,1-2H3. The Morgan fingerprint density at radius 1 is 1.00 bits per heavy atom. The minimum atomic E-state index is 0.526. The maximum absolute atomic E-state index is 5.79. The molecule has 2 aromatic carbocycles. The fraction of sp³-hybridized carbons (Fsp3) is 0.333. The molecule has 0 heterocycles. The molecule has 20 heavy (non-hydrogen) atoms. The number of rotatable bonds is 7. The van der Waals surface area contributed by atoms with Crippen molar-refractivity contribution in [1.29, 1.82) is 0 Å². The molecule has 1 N–H and O–H groups in total. The van der Waals surface area contributed by atoms with Gasteiger partial charge in [0.1, 0.15) is 12.4 Å². The van der Waals surface area contributed by atoms with Crippen molar-refractivity contribution in [1.82, 2.24) is 5.32 Å². The highest BCUT2D eigenvalue weighted by atomic mass is 16.5. The predicted molar refractivity (Wildman–Crippen MR) is 84.2 cm³/mol. The topological polar surface area (TPSA) is 21.3 Å². The smallest absolute Gasteiger partial charge is 0.119 e. The first-order chi connectivity index (χ1) is 9.79. The van der Waals surface area contributed by atoms with Crippen LogP contribution in [-0.2, 0) is 6.61 Å². The molecule has 0 bridgehead atoms. The Bertz CT molecular complexity index is 493. The van der Waals surface area contributed by atoms with Crippen LogP contribution in [0.2, 0.25) is 0 Å². The van der Waals surface area contributed by atoms with Crippen LogP contribution in [-0.4, -0.2) is 13.1 Å². The van der Waals surface area contributed by atoms with Gasteiger partial charge in [-0.05, 0) is 35.7 Å². The summed E-state index contributed by atoms with van der Waals surface area (Å²) in [6.45, 7) is 7.02. The molecule has 0 amide bonds. The van der Waals surface area contributed by atoms with Crippen LogP contribution < -0.4 is 10.1 Å². The van der Waals surface area contributed by atoms with E-state index < -0.39 is 0 Å². The predicted octanol–water partition coefficient (Wildman–Crippen LogP) is 3.98.